The number of nitrogens with one attached hydrogen (secondary N) is 1. The lowest BCUT2D eigenvalue weighted by Gasteiger charge is -2.30. The van der Waals surface area contributed by atoms with E-state index in [-0.39, 0.29) is 11.8 Å². The Morgan fingerprint density at radius 1 is 1.31 bits per heavy atom. The molecule has 0 saturated carbocycles. The molecule has 0 spiro atoms. The first-order valence-electron chi connectivity index (χ1n) is 9.28. The second kappa shape index (κ2) is 9.14. The van der Waals surface area contributed by atoms with Crippen LogP contribution in [0.5, 0.6) is 5.75 Å². The summed E-state index contributed by atoms with van der Waals surface area (Å²) in [6.07, 6.45) is 2.86. The quantitative estimate of drug-likeness (QED) is 0.806. The van der Waals surface area contributed by atoms with Gasteiger partial charge < -0.3 is 10.1 Å². The van der Waals surface area contributed by atoms with E-state index in [0.29, 0.717) is 0 Å². The van der Waals surface area contributed by atoms with Crippen molar-refractivity contribution in [1.29, 1.82) is 0 Å². The number of benzene rings is 1. The molecule has 1 saturated heterocycles. The van der Waals surface area contributed by atoms with Crippen LogP contribution in [0.4, 0.5) is 0 Å². The largest absolute Gasteiger partial charge is 0.497 e. The molecule has 1 aliphatic rings. The summed E-state index contributed by atoms with van der Waals surface area (Å²) >= 11 is 1.68. The first-order valence-corrected chi connectivity index (χ1v) is 10.2. The Morgan fingerprint density at radius 2 is 2.04 bits per heavy atom. The second-order valence-corrected chi connectivity index (χ2v) is 7.57. The number of thiazole rings is 1. The van der Waals surface area contributed by atoms with E-state index in [0.717, 1.165) is 67.5 Å². The second-order valence-electron chi connectivity index (χ2n) is 6.71. The number of piperidine rings is 1. The molecular weight excluding hydrogens is 346 g/mol. The first kappa shape index (κ1) is 18.9. The van der Waals surface area contributed by atoms with E-state index >= 15 is 0 Å². The Balaban J connectivity index is 1.51. The van der Waals surface area contributed by atoms with Gasteiger partial charge in [-0.15, -0.1) is 11.3 Å². The maximum Gasteiger partial charge on any atom is 0.223 e. The van der Waals surface area contributed by atoms with Crippen LogP contribution in [0, 0.1) is 5.92 Å². The molecule has 1 aromatic carbocycles. The number of aromatic nitrogens is 1. The number of methoxy groups -OCH3 is 1. The maximum absolute atomic E-state index is 12.1. The Hall–Kier alpha value is -1.92. The van der Waals surface area contributed by atoms with Crippen LogP contribution in [0.25, 0.3) is 10.6 Å². The number of likely N-dealkylation sites (tertiary alicyclic amines) is 1. The van der Waals surface area contributed by atoms with Crippen molar-refractivity contribution < 1.29 is 9.53 Å². The van der Waals surface area contributed by atoms with Crippen LogP contribution in [0.15, 0.2) is 29.6 Å². The maximum atomic E-state index is 12.1. The van der Waals surface area contributed by atoms with Gasteiger partial charge in [0.05, 0.1) is 12.8 Å². The molecule has 5 nitrogen and oxygen atoms in total. The van der Waals surface area contributed by atoms with E-state index in [4.69, 9.17) is 9.72 Å². The fourth-order valence-electron chi connectivity index (χ4n) is 3.22. The van der Waals surface area contributed by atoms with E-state index in [1.54, 1.807) is 18.4 Å². The smallest absolute Gasteiger partial charge is 0.223 e. The summed E-state index contributed by atoms with van der Waals surface area (Å²) in [5, 5.41) is 6.20. The molecule has 2 heterocycles. The number of amides is 1. The summed E-state index contributed by atoms with van der Waals surface area (Å²) in [6, 6.07) is 8.01. The van der Waals surface area contributed by atoms with Crippen molar-refractivity contribution in [3.05, 3.63) is 35.3 Å². The van der Waals surface area contributed by atoms with Gasteiger partial charge in [-0.2, -0.15) is 0 Å². The van der Waals surface area contributed by atoms with Crippen molar-refractivity contribution in [2.24, 2.45) is 5.92 Å². The highest BCUT2D eigenvalue weighted by Gasteiger charge is 2.25. The highest BCUT2D eigenvalue weighted by Crippen LogP contribution is 2.27. The zero-order chi connectivity index (χ0) is 18.4. The van der Waals surface area contributed by atoms with Crippen LogP contribution in [0.3, 0.4) is 0 Å². The van der Waals surface area contributed by atoms with Gasteiger partial charge in [0, 0.05) is 30.0 Å². The van der Waals surface area contributed by atoms with E-state index in [9.17, 15) is 4.79 Å². The average Bonchev–Trinajstić information content (AvgIpc) is 3.15. The summed E-state index contributed by atoms with van der Waals surface area (Å²) < 4.78 is 5.21. The van der Waals surface area contributed by atoms with E-state index in [1.807, 2.05) is 24.3 Å². The lowest BCUT2D eigenvalue weighted by atomic mass is 9.96. The molecule has 26 heavy (non-hydrogen) atoms. The third-order valence-corrected chi connectivity index (χ3v) is 5.72. The van der Waals surface area contributed by atoms with Crippen LogP contribution in [0.2, 0.25) is 0 Å². The normalized spacial score (nSPS) is 15.8. The Kier molecular flexibility index (Phi) is 6.63. The molecule has 1 aliphatic heterocycles. The summed E-state index contributed by atoms with van der Waals surface area (Å²) in [6.45, 7) is 5.64. The molecule has 1 amide bonds. The molecule has 6 heteroatoms. The van der Waals surface area contributed by atoms with Crippen molar-refractivity contribution in [3.8, 4) is 16.3 Å². The predicted molar refractivity (Wildman–Crippen MR) is 105 cm³/mol. The number of ether oxygens (including phenoxy) is 1. The molecule has 1 aromatic heterocycles. The minimum atomic E-state index is 0.170. The molecular formula is C20H27N3O2S. The van der Waals surface area contributed by atoms with Gasteiger partial charge in [-0.25, -0.2) is 4.98 Å². The lowest BCUT2D eigenvalue weighted by molar-refractivity contribution is -0.126. The minimum Gasteiger partial charge on any atom is -0.497 e. The fourth-order valence-corrected chi connectivity index (χ4v) is 4.04. The lowest BCUT2D eigenvalue weighted by Crippen LogP contribution is -2.40. The van der Waals surface area contributed by atoms with Crippen LogP contribution in [0.1, 0.15) is 31.9 Å². The van der Waals surface area contributed by atoms with Crippen LogP contribution in [-0.2, 0) is 11.3 Å². The van der Waals surface area contributed by atoms with Gasteiger partial charge in [-0.3, -0.25) is 9.69 Å². The van der Waals surface area contributed by atoms with Crippen molar-refractivity contribution >= 4 is 17.2 Å². The van der Waals surface area contributed by atoms with Crippen LogP contribution in [-0.4, -0.2) is 42.5 Å². The van der Waals surface area contributed by atoms with Gasteiger partial charge in [0.25, 0.3) is 0 Å². The van der Waals surface area contributed by atoms with Gasteiger partial charge in [0.1, 0.15) is 10.8 Å². The predicted octanol–water partition coefficient (Wildman–Crippen LogP) is 3.56. The van der Waals surface area contributed by atoms with E-state index < -0.39 is 0 Å². The number of rotatable bonds is 7. The zero-order valence-corrected chi connectivity index (χ0v) is 16.3. The third kappa shape index (κ3) is 4.83. The van der Waals surface area contributed by atoms with Gasteiger partial charge >= 0.3 is 0 Å². The van der Waals surface area contributed by atoms with Gasteiger partial charge in [-0.1, -0.05) is 6.92 Å². The molecule has 3 rings (SSSR count). The average molecular weight is 374 g/mol. The number of carbonyl (C=O) groups excluding carboxylic acids is 1. The summed E-state index contributed by atoms with van der Waals surface area (Å²) in [5.74, 6) is 1.25. The Morgan fingerprint density at radius 3 is 2.69 bits per heavy atom. The van der Waals surface area contributed by atoms with E-state index in [2.05, 4.69) is 22.5 Å². The number of carbonyl (C=O) groups is 1. The monoisotopic (exact) mass is 373 g/mol. The molecule has 0 atom stereocenters. The molecule has 140 valence electrons. The zero-order valence-electron chi connectivity index (χ0n) is 15.5. The molecule has 0 radical (unpaired) electrons. The number of nitrogens with zero attached hydrogens (tertiary/aromatic N) is 2. The number of hydrogen-bond acceptors (Lipinski definition) is 5. The molecule has 1 N–H and O–H groups in total. The highest BCUT2D eigenvalue weighted by molar-refractivity contribution is 7.13. The van der Waals surface area contributed by atoms with Crippen molar-refractivity contribution in [1.82, 2.24) is 15.2 Å². The number of hydrogen-bond donors (Lipinski definition) is 1. The summed E-state index contributed by atoms with van der Waals surface area (Å²) in [4.78, 5) is 19.3. The van der Waals surface area contributed by atoms with Crippen LogP contribution < -0.4 is 10.1 Å². The SMILES string of the molecule is CCCNC(=O)C1CCN(Cc2csc(-c3ccc(OC)cc3)n2)CC1. The van der Waals surface area contributed by atoms with Gasteiger partial charge in [-0.05, 0) is 56.6 Å². The molecule has 1 fully saturated rings. The fraction of sp³-hybridized carbons (Fsp3) is 0.500. The Bertz CT molecular complexity index is 706. The minimum absolute atomic E-state index is 0.170. The van der Waals surface area contributed by atoms with E-state index in [1.165, 1.54) is 0 Å². The van der Waals surface area contributed by atoms with Crippen molar-refractivity contribution in [3.63, 3.8) is 0 Å². The van der Waals surface area contributed by atoms with Crippen molar-refractivity contribution in [2.45, 2.75) is 32.7 Å². The standard InChI is InChI=1S/C20H27N3O2S/c1-3-10-21-19(24)15-8-11-23(12-9-15)13-17-14-26-20(22-17)16-4-6-18(25-2)7-5-16/h4-7,14-15H,3,8-13H2,1-2H3,(H,21,24). The van der Waals surface area contributed by atoms with Gasteiger partial charge in [0.2, 0.25) is 5.91 Å². The van der Waals surface area contributed by atoms with Gasteiger partial charge in [0.15, 0.2) is 0 Å². The molecule has 0 bridgehead atoms. The summed E-state index contributed by atoms with van der Waals surface area (Å²) in [5.41, 5.74) is 2.23. The first-order chi connectivity index (χ1) is 12.7. The molecule has 2 aromatic rings. The topological polar surface area (TPSA) is 54.5 Å². The third-order valence-electron chi connectivity index (χ3n) is 4.78. The molecule has 0 unspecified atom stereocenters. The highest BCUT2D eigenvalue weighted by atomic mass is 32.1. The Labute approximate surface area is 159 Å². The summed E-state index contributed by atoms with van der Waals surface area (Å²) in [7, 11) is 1.67. The molecule has 0 aliphatic carbocycles. The van der Waals surface area contributed by atoms with Crippen molar-refractivity contribution in [2.75, 3.05) is 26.7 Å². The van der Waals surface area contributed by atoms with Crippen LogP contribution >= 0.6 is 11.3 Å².